The van der Waals surface area contributed by atoms with Gasteiger partial charge in [-0.2, -0.15) is 4.98 Å². The lowest BCUT2D eigenvalue weighted by Gasteiger charge is -2.16. The molecule has 3 rings (SSSR count). The first-order valence-corrected chi connectivity index (χ1v) is 6.76. The van der Waals surface area contributed by atoms with Crippen LogP contribution in [0.1, 0.15) is 11.1 Å². The molecule has 7 nitrogen and oxygen atoms in total. The van der Waals surface area contributed by atoms with Gasteiger partial charge in [0.1, 0.15) is 6.29 Å². The van der Waals surface area contributed by atoms with Gasteiger partial charge in [-0.05, 0) is 37.1 Å². The smallest absolute Gasteiger partial charge is 0.315 e. The summed E-state index contributed by atoms with van der Waals surface area (Å²) in [5, 5.41) is 0. The first-order chi connectivity index (χ1) is 10.4. The monoisotopic (exact) mass is 298 g/mol. The fraction of sp³-hybridized carbons (Fsp3) is 0.267. The SMILES string of the molecule is Cc1cc2nc3c(=O)n(C)c(=O)nc-3n(CC=O)c2cc1C. The molecule has 0 amide bonds. The maximum Gasteiger partial charge on any atom is 0.352 e. The van der Waals surface area contributed by atoms with E-state index in [1.165, 1.54) is 7.05 Å². The Kier molecular flexibility index (Phi) is 3.13. The number of hydrogen-bond donors (Lipinski definition) is 0. The fourth-order valence-corrected chi connectivity index (χ4v) is 2.43. The normalized spacial score (nSPS) is 11.2. The van der Waals surface area contributed by atoms with Gasteiger partial charge in [0.2, 0.25) is 0 Å². The largest absolute Gasteiger partial charge is 0.352 e. The molecule has 2 aliphatic rings. The van der Waals surface area contributed by atoms with Crippen LogP contribution in [0.2, 0.25) is 0 Å². The summed E-state index contributed by atoms with van der Waals surface area (Å²) in [5.74, 6) is 0.135. The van der Waals surface area contributed by atoms with Crippen molar-refractivity contribution in [3.63, 3.8) is 0 Å². The van der Waals surface area contributed by atoms with Gasteiger partial charge in [-0.15, -0.1) is 0 Å². The van der Waals surface area contributed by atoms with E-state index in [-0.39, 0.29) is 18.1 Å². The lowest BCUT2D eigenvalue weighted by Crippen LogP contribution is -2.36. The molecule has 0 fully saturated rings. The Morgan fingerprint density at radius 1 is 1.14 bits per heavy atom. The number of rotatable bonds is 2. The highest BCUT2D eigenvalue weighted by atomic mass is 16.2. The topological polar surface area (TPSA) is 86.8 Å². The Balaban J connectivity index is 2.60. The molecule has 2 aliphatic heterocycles. The van der Waals surface area contributed by atoms with Crippen LogP contribution in [0.5, 0.6) is 0 Å². The van der Waals surface area contributed by atoms with Gasteiger partial charge in [-0.25, -0.2) is 9.78 Å². The van der Waals surface area contributed by atoms with Crippen molar-refractivity contribution in [3.8, 4) is 11.5 Å². The van der Waals surface area contributed by atoms with Crippen LogP contribution < -0.4 is 11.2 Å². The second-order valence-corrected chi connectivity index (χ2v) is 5.25. The predicted molar refractivity (Wildman–Crippen MR) is 81.2 cm³/mol. The van der Waals surface area contributed by atoms with Crippen LogP contribution >= 0.6 is 0 Å². The summed E-state index contributed by atoms with van der Waals surface area (Å²) < 4.78 is 2.47. The molecule has 0 aromatic heterocycles. The number of fused-ring (bicyclic) bond motifs is 2. The summed E-state index contributed by atoms with van der Waals surface area (Å²) >= 11 is 0. The second-order valence-electron chi connectivity index (χ2n) is 5.25. The lowest BCUT2D eigenvalue weighted by atomic mass is 10.1. The van der Waals surface area contributed by atoms with E-state index in [1.54, 1.807) is 4.57 Å². The number of aldehydes is 1. The zero-order chi connectivity index (χ0) is 16.0. The van der Waals surface area contributed by atoms with E-state index < -0.39 is 11.2 Å². The van der Waals surface area contributed by atoms with Crippen molar-refractivity contribution in [1.29, 1.82) is 0 Å². The maximum atomic E-state index is 12.3. The summed E-state index contributed by atoms with van der Waals surface area (Å²) in [5.41, 5.74) is 2.22. The highest BCUT2D eigenvalue weighted by Gasteiger charge is 2.20. The van der Waals surface area contributed by atoms with Crippen molar-refractivity contribution in [1.82, 2.24) is 19.1 Å². The third-order valence-electron chi connectivity index (χ3n) is 3.83. The van der Waals surface area contributed by atoms with Crippen molar-refractivity contribution in [2.45, 2.75) is 20.4 Å². The average molecular weight is 298 g/mol. The van der Waals surface area contributed by atoms with E-state index in [0.717, 1.165) is 15.7 Å². The standard InChI is InChI=1S/C15H14N4O3/c1-8-6-10-11(7-9(8)2)19(4-5-20)13-12(16-10)14(21)18(3)15(22)17-13/h5-7H,4H2,1-3H3. The van der Waals surface area contributed by atoms with Crippen LogP contribution in [0, 0.1) is 13.8 Å². The van der Waals surface area contributed by atoms with Crippen molar-refractivity contribution in [3.05, 3.63) is 44.1 Å². The molecule has 0 spiro atoms. The number of carbonyl (C=O) groups is 1. The molecule has 112 valence electrons. The molecule has 0 atom stereocenters. The van der Waals surface area contributed by atoms with Crippen molar-refractivity contribution >= 4 is 17.3 Å². The highest BCUT2D eigenvalue weighted by Crippen LogP contribution is 2.23. The third kappa shape index (κ3) is 1.93. The van der Waals surface area contributed by atoms with E-state index >= 15 is 0 Å². The molecule has 22 heavy (non-hydrogen) atoms. The Morgan fingerprint density at radius 3 is 2.50 bits per heavy atom. The molecule has 0 bridgehead atoms. The third-order valence-corrected chi connectivity index (χ3v) is 3.83. The minimum atomic E-state index is -0.665. The van der Waals surface area contributed by atoms with Crippen LogP contribution in [0.25, 0.3) is 22.6 Å². The quantitative estimate of drug-likeness (QED) is 0.505. The molecule has 1 aromatic carbocycles. The summed E-state index contributed by atoms with van der Waals surface area (Å²) in [6.45, 7) is 3.89. The van der Waals surface area contributed by atoms with E-state index in [2.05, 4.69) is 9.97 Å². The van der Waals surface area contributed by atoms with Crippen LogP contribution in [0.15, 0.2) is 21.7 Å². The molecule has 2 heterocycles. The fourth-order valence-electron chi connectivity index (χ4n) is 2.43. The summed E-state index contributed by atoms with van der Waals surface area (Å²) in [4.78, 5) is 43.3. The Morgan fingerprint density at radius 2 is 1.82 bits per heavy atom. The first-order valence-electron chi connectivity index (χ1n) is 6.76. The molecule has 0 saturated heterocycles. The molecule has 0 aliphatic carbocycles. The molecule has 0 unspecified atom stereocenters. The van der Waals surface area contributed by atoms with Crippen molar-refractivity contribution in [2.75, 3.05) is 0 Å². The molecule has 0 radical (unpaired) electrons. The number of hydrogen-bond acceptors (Lipinski definition) is 5. The van der Waals surface area contributed by atoms with E-state index in [1.807, 2.05) is 26.0 Å². The van der Waals surface area contributed by atoms with Crippen LogP contribution in [-0.2, 0) is 18.4 Å². The summed E-state index contributed by atoms with van der Waals surface area (Å²) in [6, 6.07) is 3.74. The molecule has 0 N–H and O–H groups in total. The van der Waals surface area contributed by atoms with Gasteiger partial charge in [0.15, 0.2) is 11.5 Å². The minimum absolute atomic E-state index is 0.00235. The zero-order valence-corrected chi connectivity index (χ0v) is 12.5. The lowest BCUT2D eigenvalue weighted by molar-refractivity contribution is -0.108. The summed E-state index contributed by atoms with van der Waals surface area (Å²) in [7, 11) is 1.35. The molecular formula is C15H14N4O3. The van der Waals surface area contributed by atoms with Gasteiger partial charge >= 0.3 is 5.69 Å². The Bertz CT molecular complexity index is 1000. The second kappa shape index (κ2) is 4.87. The number of nitrogens with zero attached hydrogens (tertiary/aromatic N) is 4. The molecule has 1 aromatic rings. The van der Waals surface area contributed by atoms with Crippen LogP contribution in [-0.4, -0.2) is 25.4 Å². The number of benzene rings is 1. The Hall–Kier alpha value is -2.83. The molecule has 7 heteroatoms. The predicted octanol–water partition coefficient (Wildman–Crippen LogP) is 0.411. The number of aryl methyl sites for hydroxylation is 2. The van der Waals surface area contributed by atoms with Crippen molar-refractivity contribution in [2.24, 2.45) is 7.05 Å². The van der Waals surface area contributed by atoms with E-state index in [4.69, 9.17) is 0 Å². The molecule has 0 saturated carbocycles. The van der Waals surface area contributed by atoms with Crippen LogP contribution in [0.4, 0.5) is 0 Å². The number of carbonyl (C=O) groups excluding carboxylic acids is 1. The average Bonchev–Trinajstić information content (AvgIpc) is 2.48. The van der Waals surface area contributed by atoms with Crippen LogP contribution in [0.3, 0.4) is 0 Å². The van der Waals surface area contributed by atoms with Gasteiger partial charge in [-0.1, -0.05) is 0 Å². The van der Waals surface area contributed by atoms with E-state index in [9.17, 15) is 14.4 Å². The highest BCUT2D eigenvalue weighted by molar-refractivity contribution is 5.81. The van der Waals surface area contributed by atoms with Gasteiger partial charge in [0.05, 0.1) is 17.6 Å². The van der Waals surface area contributed by atoms with Gasteiger partial charge in [0, 0.05) is 7.05 Å². The van der Waals surface area contributed by atoms with E-state index in [0.29, 0.717) is 17.3 Å². The summed E-state index contributed by atoms with van der Waals surface area (Å²) in [6.07, 6.45) is 0.706. The Labute approximate surface area is 125 Å². The zero-order valence-electron chi connectivity index (χ0n) is 12.5. The molecular weight excluding hydrogens is 284 g/mol. The van der Waals surface area contributed by atoms with Gasteiger partial charge in [-0.3, -0.25) is 9.36 Å². The van der Waals surface area contributed by atoms with Gasteiger partial charge in [0.25, 0.3) is 5.56 Å². The maximum absolute atomic E-state index is 12.3. The number of aromatic nitrogens is 4. The van der Waals surface area contributed by atoms with Gasteiger partial charge < -0.3 is 9.36 Å². The minimum Gasteiger partial charge on any atom is -0.315 e. The first kappa shape index (κ1) is 14.1. The van der Waals surface area contributed by atoms with Crippen molar-refractivity contribution < 1.29 is 4.79 Å².